The Morgan fingerprint density at radius 3 is 2.63 bits per heavy atom. The molecule has 0 unspecified atom stereocenters. The highest BCUT2D eigenvalue weighted by atomic mass is 35.5. The third-order valence-electron chi connectivity index (χ3n) is 6.53. The van der Waals surface area contributed by atoms with Crippen LogP contribution in [0.5, 0.6) is 0 Å². The molecule has 1 aliphatic carbocycles. The number of hydrogen-bond acceptors (Lipinski definition) is 8. The molecule has 2 aromatic rings. The van der Waals surface area contributed by atoms with Crippen LogP contribution in [0, 0.1) is 11.3 Å². The standard InChI is InChI=1S/C20H28ClN7OS/c1-11-7-14(23)20(9-11)3-5-28(6-4-20)19-26-17(24)15(18(29)27(19)2)30-13-8-12(22)10-25-16(13)21/h8,10-11,14H,3-7,9,22-24H2,1-2H3/t11-,14+/m0/s1. The number of anilines is 3. The number of nitrogen functional groups attached to an aromatic ring is 2. The van der Waals surface area contributed by atoms with Crippen LogP contribution in [0.15, 0.2) is 26.8 Å². The minimum atomic E-state index is -0.215. The van der Waals surface area contributed by atoms with Gasteiger partial charge in [0.05, 0.1) is 16.8 Å². The lowest BCUT2D eigenvalue weighted by Crippen LogP contribution is -2.48. The Morgan fingerprint density at radius 1 is 1.30 bits per heavy atom. The first-order valence-corrected chi connectivity index (χ1v) is 11.4. The second-order valence-electron chi connectivity index (χ2n) is 8.65. The zero-order valence-electron chi connectivity index (χ0n) is 17.3. The summed E-state index contributed by atoms with van der Waals surface area (Å²) in [6.07, 6.45) is 5.76. The number of hydrogen-bond donors (Lipinski definition) is 3. The molecule has 0 bridgehead atoms. The van der Waals surface area contributed by atoms with E-state index < -0.39 is 0 Å². The van der Waals surface area contributed by atoms with Gasteiger partial charge in [0, 0.05) is 26.2 Å². The molecular weight excluding hydrogens is 422 g/mol. The largest absolute Gasteiger partial charge is 0.397 e. The van der Waals surface area contributed by atoms with Crippen LogP contribution in [0.3, 0.4) is 0 Å². The van der Waals surface area contributed by atoms with Crippen LogP contribution in [0.2, 0.25) is 5.15 Å². The van der Waals surface area contributed by atoms with Gasteiger partial charge in [-0.3, -0.25) is 9.36 Å². The van der Waals surface area contributed by atoms with Crippen molar-refractivity contribution < 1.29 is 0 Å². The van der Waals surface area contributed by atoms with E-state index in [2.05, 4.69) is 21.8 Å². The van der Waals surface area contributed by atoms with Crippen molar-refractivity contribution in [1.29, 1.82) is 0 Å². The molecule has 0 amide bonds. The summed E-state index contributed by atoms with van der Waals surface area (Å²) in [6, 6.07) is 1.93. The lowest BCUT2D eigenvalue weighted by atomic mass is 9.74. The minimum absolute atomic E-state index is 0.183. The van der Waals surface area contributed by atoms with E-state index in [-0.39, 0.29) is 28.0 Å². The quantitative estimate of drug-likeness (QED) is 0.609. The van der Waals surface area contributed by atoms with Crippen LogP contribution in [-0.4, -0.2) is 33.7 Å². The van der Waals surface area contributed by atoms with E-state index in [1.54, 1.807) is 17.7 Å². The summed E-state index contributed by atoms with van der Waals surface area (Å²) in [5.41, 5.74) is 18.9. The molecule has 2 aliphatic rings. The molecule has 1 saturated heterocycles. The maximum Gasteiger partial charge on any atom is 0.270 e. The molecule has 2 aromatic heterocycles. The minimum Gasteiger partial charge on any atom is -0.397 e. The molecule has 0 radical (unpaired) electrons. The number of nitrogens with zero attached hydrogens (tertiary/aromatic N) is 4. The number of rotatable bonds is 3. The fourth-order valence-corrected chi connectivity index (χ4v) is 6.07. The molecule has 162 valence electrons. The zero-order chi connectivity index (χ0) is 21.6. The second kappa shape index (κ2) is 7.94. The molecule has 4 rings (SSSR count). The van der Waals surface area contributed by atoms with Crippen molar-refractivity contribution in [2.24, 2.45) is 24.1 Å². The molecule has 1 saturated carbocycles. The van der Waals surface area contributed by atoms with Gasteiger partial charge >= 0.3 is 0 Å². The summed E-state index contributed by atoms with van der Waals surface area (Å²) >= 11 is 7.29. The van der Waals surface area contributed by atoms with Crippen LogP contribution in [0.25, 0.3) is 0 Å². The Bertz CT molecular complexity index is 1020. The van der Waals surface area contributed by atoms with Gasteiger partial charge in [0.2, 0.25) is 5.95 Å². The first kappa shape index (κ1) is 21.3. The van der Waals surface area contributed by atoms with Gasteiger partial charge in [-0.1, -0.05) is 30.3 Å². The van der Waals surface area contributed by atoms with E-state index in [4.69, 9.17) is 28.8 Å². The summed E-state index contributed by atoms with van der Waals surface area (Å²) in [7, 11) is 1.72. The number of nitrogens with two attached hydrogens (primary N) is 3. The second-order valence-corrected chi connectivity index (χ2v) is 10.1. The third kappa shape index (κ3) is 3.74. The smallest absolute Gasteiger partial charge is 0.270 e. The molecule has 1 spiro atoms. The predicted molar refractivity (Wildman–Crippen MR) is 122 cm³/mol. The third-order valence-corrected chi connectivity index (χ3v) is 8.06. The van der Waals surface area contributed by atoms with Crippen molar-refractivity contribution in [2.45, 2.75) is 48.4 Å². The van der Waals surface area contributed by atoms with Crippen LogP contribution in [0.4, 0.5) is 17.5 Å². The van der Waals surface area contributed by atoms with Crippen LogP contribution < -0.4 is 27.7 Å². The summed E-state index contributed by atoms with van der Waals surface area (Å²) < 4.78 is 1.56. The molecular formula is C20H28ClN7OS. The average molecular weight is 450 g/mol. The molecule has 2 atom stereocenters. The van der Waals surface area contributed by atoms with Crippen molar-refractivity contribution in [3.8, 4) is 0 Å². The van der Waals surface area contributed by atoms with Crippen LogP contribution >= 0.6 is 23.4 Å². The highest BCUT2D eigenvalue weighted by Crippen LogP contribution is 2.48. The van der Waals surface area contributed by atoms with Gasteiger partial charge < -0.3 is 22.1 Å². The SMILES string of the molecule is C[C@H]1C[C@@H](N)C2(CCN(c3nc(N)c(Sc4cc(N)cnc4Cl)c(=O)n3C)CC2)C1. The monoisotopic (exact) mass is 449 g/mol. The zero-order valence-corrected chi connectivity index (χ0v) is 18.8. The first-order chi connectivity index (χ1) is 14.2. The summed E-state index contributed by atoms with van der Waals surface area (Å²) in [5.74, 6) is 1.45. The van der Waals surface area contributed by atoms with E-state index in [9.17, 15) is 4.79 Å². The Labute approximate surface area is 185 Å². The lowest BCUT2D eigenvalue weighted by molar-refractivity contribution is 0.192. The lowest BCUT2D eigenvalue weighted by Gasteiger charge is -2.42. The Morgan fingerprint density at radius 2 is 2.00 bits per heavy atom. The van der Waals surface area contributed by atoms with Gasteiger partial charge in [-0.15, -0.1) is 0 Å². The van der Waals surface area contributed by atoms with Crippen molar-refractivity contribution >= 4 is 40.8 Å². The fraction of sp³-hybridized carbons (Fsp3) is 0.550. The van der Waals surface area contributed by atoms with Crippen LogP contribution in [-0.2, 0) is 7.05 Å². The molecule has 3 heterocycles. The molecule has 6 N–H and O–H groups in total. The molecule has 8 nitrogen and oxygen atoms in total. The summed E-state index contributed by atoms with van der Waals surface area (Å²) in [6.45, 7) is 3.92. The van der Waals surface area contributed by atoms with Gasteiger partial charge in [-0.25, -0.2) is 4.98 Å². The molecule has 2 fully saturated rings. The summed E-state index contributed by atoms with van der Waals surface area (Å²) in [4.78, 5) is 24.7. The average Bonchev–Trinajstić information content (AvgIpc) is 2.98. The number of pyridine rings is 1. The van der Waals surface area contributed by atoms with Crippen molar-refractivity contribution in [2.75, 3.05) is 29.5 Å². The predicted octanol–water partition coefficient (Wildman–Crippen LogP) is 2.49. The number of aromatic nitrogens is 3. The van der Waals surface area contributed by atoms with E-state index in [1.165, 1.54) is 12.6 Å². The van der Waals surface area contributed by atoms with E-state index >= 15 is 0 Å². The van der Waals surface area contributed by atoms with Gasteiger partial charge in [-0.05, 0) is 43.1 Å². The molecule has 1 aliphatic heterocycles. The number of piperidine rings is 1. The van der Waals surface area contributed by atoms with E-state index in [0.717, 1.165) is 44.1 Å². The Balaban J connectivity index is 1.58. The number of halogens is 1. The highest BCUT2D eigenvalue weighted by Gasteiger charge is 2.46. The van der Waals surface area contributed by atoms with E-state index in [1.807, 2.05) is 0 Å². The summed E-state index contributed by atoms with van der Waals surface area (Å²) in [5, 5.41) is 0.267. The van der Waals surface area contributed by atoms with Gasteiger partial charge in [0.1, 0.15) is 15.9 Å². The highest BCUT2D eigenvalue weighted by molar-refractivity contribution is 7.99. The Kier molecular flexibility index (Phi) is 5.63. The Hall–Kier alpha value is -1.97. The van der Waals surface area contributed by atoms with Gasteiger partial charge in [0.25, 0.3) is 5.56 Å². The van der Waals surface area contributed by atoms with Crippen molar-refractivity contribution in [1.82, 2.24) is 14.5 Å². The van der Waals surface area contributed by atoms with E-state index in [0.29, 0.717) is 27.3 Å². The molecule has 10 heteroatoms. The fourth-order valence-electron chi connectivity index (χ4n) is 4.93. The normalized spacial score (nSPS) is 23.3. The maximum absolute atomic E-state index is 13.1. The van der Waals surface area contributed by atoms with Gasteiger partial charge in [0.15, 0.2) is 0 Å². The maximum atomic E-state index is 13.1. The van der Waals surface area contributed by atoms with Crippen LogP contribution in [0.1, 0.15) is 32.6 Å². The van der Waals surface area contributed by atoms with Crippen molar-refractivity contribution in [3.05, 3.63) is 27.8 Å². The van der Waals surface area contributed by atoms with Crippen molar-refractivity contribution in [3.63, 3.8) is 0 Å². The molecule has 30 heavy (non-hydrogen) atoms. The topological polar surface area (TPSA) is 129 Å². The van der Waals surface area contributed by atoms with Gasteiger partial charge in [-0.2, -0.15) is 4.98 Å². The first-order valence-electron chi connectivity index (χ1n) is 10.2. The molecule has 0 aromatic carbocycles.